The van der Waals surface area contributed by atoms with E-state index in [1.807, 2.05) is 12.1 Å². The molecule has 0 aliphatic carbocycles. The zero-order valence-electron chi connectivity index (χ0n) is 13.7. The summed E-state index contributed by atoms with van der Waals surface area (Å²) in [6.07, 6.45) is 0. The summed E-state index contributed by atoms with van der Waals surface area (Å²) in [5.41, 5.74) is 9.82. The van der Waals surface area contributed by atoms with E-state index in [0.717, 1.165) is 18.1 Å². The summed E-state index contributed by atoms with van der Waals surface area (Å²) in [5, 5.41) is 0.846. The number of halogens is 1. The van der Waals surface area contributed by atoms with E-state index in [0.29, 0.717) is 6.54 Å². The molecule has 122 valence electrons. The van der Waals surface area contributed by atoms with Gasteiger partial charge >= 0.3 is 0 Å². The molecule has 2 aromatic rings. The highest BCUT2D eigenvalue weighted by Crippen LogP contribution is 2.40. The van der Waals surface area contributed by atoms with Gasteiger partial charge in [0.1, 0.15) is 0 Å². The molecular weight excluding hydrogens is 306 g/mol. The number of hydrogen-bond donors (Lipinski definition) is 1. The molecule has 2 aromatic carbocycles. The minimum absolute atomic E-state index is 0.241. The van der Waals surface area contributed by atoms with Gasteiger partial charge in [0.05, 0.1) is 0 Å². The molecule has 1 aliphatic rings. The lowest BCUT2D eigenvalue weighted by atomic mass is 9.88. The lowest BCUT2D eigenvalue weighted by Gasteiger charge is -2.42. The third-order valence-electron chi connectivity index (χ3n) is 4.80. The smallest absolute Gasteiger partial charge is 0.0493 e. The highest BCUT2D eigenvalue weighted by atomic mass is 35.5. The molecule has 2 N–H and O–H groups in total. The second-order valence-corrected chi connectivity index (χ2v) is 6.76. The number of likely N-dealkylation sites (N-methyl/N-ethyl adjacent to an activating group) is 2. The van der Waals surface area contributed by atoms with E-state index < -0.39 is 0 Å². The maximum Gasteiger partial charge on any atom is 0.0493 e. The van der Waals surface area contributed by atoms with Crippen LogP contribution in [0.5, 0.6) is 0 Å². The van der Waals surface area contributed by atoms with Crippen LogP contribution in [-0.4, -0.2) is 37.0 Å². The first kappa shape index (κ1) is 16.5. The van der Waals surface area contributed by atoms with Crippen LogP contribution in [0.1, 0.15) is 28.8 Å². The first-order valence-electron chi connectivity index (χ1n) is 8.04. The third-order valence-corrected chi connectivity index (χ3v) is 5.13. The van der Waals surface area contributed by atoms with Crippen molar-refractivity contribution < 1.29 is 0 Å². The van der Waals surface area contributed by atoms with Crippen LogP contribution >= 0.6 is 11.6 Å². The molecule has 2 unspecified atom stereocenters. The molecule has 0 saturated heterocycles. The van der Waals surface area contributed by atoms with Crippen LogP contribution < -0.4 is 5.73 Å². The lowest BCUT2D eigenvalue weighted by Crippen LogP contribution is -2.43. The maximum absolute atomic E-state index is 6.57. The first-order chi connectivity index (χ1) is 11.1. The van der Waals surface area contributed by atoms with Gasteiger partial charge in [-0.3, -0.25) is 9.80 Å². The van der Waals surface area contributed by atoms with Crippen molar-refractivity contribution in [2.45, 2.75) is 18.6 Å². The summed E-state index contributed by atoms with van der Waals surface area (Å²) in [7, 11) is 4.31. The van der Waals surface area contributed by atoms with Crippen molar-refractivity contribution in [3.8, 4) is 0 Å². The summed E-state index contributed by atoms with van der Waals surface area (Å²) in [5.74, 6) is 0. The zero-order chi connectivity index (χ0) is 16.4. The maximum atomic E-state index is 6.57. The summed E-state index contributed by atoms with van der Waals surface area (Å²) in [6.45, 7) is 2.44. The Morgan fingerprint density at radius 2 is 1.91 bits per heavy atom. The van der Waals surface area contributed by atoms with Crippen molar-refractivity contribution in [1.82, 2.24) is 9.80 Å². The van der Waals surface area contributed by atoms with Crippen LogP contribution in [0.15, 0.2) is 48.5 Å². The predicted octanol–water partition coefficient (Wildman–Crippen LogP) is 3.46. The Labute approximate surface area is 143 Å². The van der Waals surface area contributed by atoms with Crippen molar-refractivity contribution in [2.24, 2.45) is 5.73 Å². The van der Waals surface area contributed by atoms with Crippen molar-refractivity contribution in [3.05, 3.63) is 70.2 Å². The van der Waals surface area contributed by atoms with Crippen molar-refractivity contribution in [3.63, 3.8) is 0 Å². The second-order valence-electron chi connectivity index (χ2n) is 6.35. The fraction of sp³-hybridized carbons (Fsp3) is 0.368. The van der Waals surface area contributed by atoms with Gasteiger partial charge in [-0.1, -0.05) is 54.1 Å². The third kappa shape index (κ3) is 3.29. The van der Waals surface area contributed by atoms with Gasteiger partial charge in [-0.2, -0.15) is 0 Å². The van der Waals surface area contributed by atoms with Crippen LogP contribution in [-0.2, 0) is 6.54 Å². The fourth-order valence-corrected chi connectivity index (χ4v) is 3.88. The Morgan fingerprint density at radius 3 is 2.61 bits per heavy atom. The number of nitrogens with zero attached hydrogens (tertiary/aromatic N) is 2. The number of rotatable bonds is 4. The van der Waals surface area contributed by atoms with Crippen LogP contribution in [0.25, 0.3) is 0 Å². The fourth-order valence-electron chi connectivity index (χ4n) is 3.57. The molecule has 2 atom stereocenters. The van der Waals surface area contributed by atoms with Crippen LogP contribution in [0.4, 0.5) is 0 Å². The molecule has 1 heterocycles. The molecule has 0 radical (unpaired) electrons. The topological polar surface area (TPSA) is 32.5 Å². The van der Waals surface area contributed by atoms with Gasteiger partial charge in [0.25, 0.3) is 0 Å². The van der Waals surface area contributed by atoms with Gasteiger partial charge in [0.15, 0.2) is 0 Å². The van der Waals surface area contributed by atoms with Gasteiger partial charge in [0.2, 0.25) is 0 Å². The van der Waals surface area contributed by atoms with Crippen LogP contribution in [0.2, 0.25) is 5.02 Å². The van der Waals surface area contributed by atoms with E-state index in [2.05, 4.69) is 60.3 Å². The molecule has 3 rings (SSSR count). The molecule has 0 saturated carbocycles. The van der Waals surface area contributed by atoms with E-state index in [4.69, 9.17) is 17.3 Å². The highest BCUT2D eigenvalue weighted by Gasteiger charge is 2.33. The summed E-state index contributed by atoms with van der Waals surface area (Å²) >= 11 is 6.57. The normalized spacial score (nSPS) is 21.4. The van der Waals surface area contributed by atoms with Crippen molar-refractivity contribution in [1.29, 1.82) is 0 Å². The summed E-state index contributed by atoms with van der Waals surface area (Å²) < 4.78 is 0. The molecule has 3 nitrogen and oxygen atoms in total. The number of nitrogens with two attached hydrogens (primary N) is 1. The monoisotopic (exact) mass is 329 g/mol. The quantitative estimate of drug-likeness (QED) is 0.932. The van der Waals surface area contributed by atoms with Gasteiger partial charge in [-0.25, -0.2) is 0 Å². The minimum Gasteiger partial charge on any atom is -0.329 e. The highest BCUT2D eigenvalue weighted by molar-refractivity contribution is 6.31. The van der Waals surface area contributed by atoms with Crippen LogP contribution in [0, 0.1) is 0 Å². The van der Waals surface area contributed by atoms with Crippen molar-refractivity contribution in [2.75, 3.05) is 27.2 Å². The molecule has 4 heteroatoms. The number of fused-ring (bicyclic) bond motifs is 1. The van der Waals surface area contributed by atoms with Gasteiger partial charge < -0.3 is 5.73 Å². The SMILES string of the molecule is CN1CC(N(C)Cc2ccccc2)c2c(Cl)cccc2C1CN. The van der Waals surface area contributed by atoms with E-state index >= 15 is 0 Å². The van der Waals surface area contributed by atoms with Crippen LogP contribution in [0.3, 0.4) is 0 Å². The zero-order valence-corrected chi connectivity index (χ0v) is 14.5. The molecule has 1 aliphatic heterocycles. The average molecular weight is 330 g/mol. The Morgan fingerprint density at radius 1 is 1.17 bits per heavy atom. The Kier molecular flexibility index (Phi) is 5.02. The lowest BCUT2D eigenvalue weighted by molar-refractivity contribution is 0.127. The Bertz CT molecular complexity index is 659. The molecule has 0 fully saturated rings. The largest absolute Gasteiger partial charge is 0.329 e. The van der Waals surface area contributed by atoms with E-state index in [1.54, 1.807) is 0 Å². The Hall–Kier alpha value is -1.39. The van der Waals surface area contributed by atoms with E-state index in [9.17, 15) is 0 Å². The van der Waals surface area contributed by atoms with Gasteiger partial charge in [0, 0.05) is 36.7 Å². The predicted molar refractivity (Wildman–Crippen MR) is 96.5 cm³/mol. The molecule has 23 heavy (non-hydrogen) atoms. The van der Waals surface area contributed by atoms with Gasteiger partial charge in [-0.15, -0.1) is 0 Å². The average Bonchev–Trinajstić information content (AvgIpc) is 2.55. The van der Waals surface area contributed by atoms with E-state index in [-0.39, 0.29) is 12.1 Å². The molecular formula is C19H24ClN3. The first-order valence-corrected chi connectivity index (χ1v) is 8.42. The molecule has 0 aromatic heterocycles. The summed E-state index contributed by atoms with van der Waals surface area (Å²) in [6, 6.07) is 17.2. The van der Waals surface area contributed by atoms with Gasteiger partial charge in [-0.05, 0) is 36.9 Å². The standard InChI is InChI=1S/C19H24ClN3/c1-22(12-14-7-4-3-5-8-14)18-13-23(2)17(11-21)15-9-6-10-16(20)19(15)18/h3-10,17-18H,11-13,21H2,1-2H3. The number of benzene rings is 2. The molecule has 0 bridgehead atoms. The minimum atomic E-state index is 0.241. The number of hydrogen-bond acceptors (Lipinski definition) is 3. The second kappa shape index (κ2) is 7.02. The van der Waals surface area contributed by atoms with Crippen molar-refractivity contribution >= 4 is 11.6 Å². The molecule has 0 amide bonds. The molecule has 0 spiro atoms. The van der Waals surface area contributed by atoms with E-state index in [1.165, 1.54) is 16.7 Å². The Balaban J connectivity index is 1.93. The summed E-state index contributed by atoms with van der Waals surface area (Å²) in [4.78, 5) is 4.72.